The number of ether oxygens (including phenoxy) is 1. The van der Waals surface area contributed by atoms with Crippen molar-refractivity contribution in [1.29, 1.82) is 0 Å². The number of fused-ring (bicyclic) bond motifs is 1. The van der Waals surface area contributed by atoms with E-state index in [1.165, 1.54) is 0 Å². The largest absolute Gasteiger partial charge is 0.485 e. The number of aliphatic imine (C=N–C) groups is 1. The van der Waals surface area contributed by atoms with Crippen molar-refractivity contribution in [2.75, 3.05) is 6.61 Å². The molecule has 1 heterocycles. The average molecular weight is 288 g/mol. The van der Waals surface area contributed by atoms with E-state index in [4.69, 9.17) is 21.4 Å². The third kappa shape index (κ3) is 2.38. The van der Waals surface area contributed by atoms with Crippen molar-refractivity contribution in [3.8, 4) is 5.75 Å². The van der Waals surface area contributed by atoms with Crippen LogP contribution in [0.25, 0.3) is 0 Å². The zero-order valence-corrected chi connectivity index (χ0v) is 11.1. The molecule has 1 N–H and O–H groups in total. The maximum Gasteiger partial charge on any atom is 0.335 e. The zero-order chi connectivity index (χ0) is 14.1. The second kappa shape index (κ2) is 4.98. The number of nitrogens with zero attached hydrogens (tertiary/aromatic N) is 1. The molecule has 0 saturated carbocycles. The summed E-state index contributed by atoms with van der Waals surface area (Å²) in [4.78, 5) is 15.3. The Balaban J connectivity index is 1.95. The molecule has 1 aliphatic rings. The minimum absolute atomic E-state index is 0.248. The molecular formula is C15H10ClNO3. The van der Waals surface area contributed by atoms with Gasteiger partial charge in [0, 0.05) is 11.1 Å². The van der Waals surface area contributed by atoms with Gasteiger partial charge in [-0.05, 0) is 29.8 Å². The smallest absolute Gasteiger partial charge is 0.335 e. The number of rotatable bonds is 2. The molecule has 2 aromatic rings. The van der Waals surface area contributed by atoms with Gasteiger partial charge in [-0.2, -0.15) is 0 Å². The van der Waals surface area contributed by atoms with Gasteiger partial charge in [0.05, 0.1) is 11.3 Å². The van der Waals surface area contributed by atoms with Crippen LogP contribution in [0.4, 0.5) is 5.69 Å². The Labute approximate surface area is 120 Å². The molecule has 4 nitrogen and oxygen atoms in total. The van der Waals surface area contributed by atoms with Gasteiger partial charge in [-0.3, -0.25) is 0 Å². The molecule has 0 aliphatic carbocycles. The maximum absolute atomic E-state index is 10.8. The van der Waals surface area contributed by atoms with E-state index < -0.39 is 5.97 Å². The van der Waals surface area contributed by atoms with E-state index in [1.54, 1.807) is 42.5 Å². The lowest BCUT2D eigenvalue weighted by molar-refractivity contribution is 0.0697. The second-order valence-electron chi connectivity index (χ2n) is 4.34. The van der Waals surface area contributed by atoms with E-state index in [9.17, 15) is 4.79 Å². The highest BCUT2D eigenvalue weighted by atomic mass is 35.5. The zero-order valence-electron chi connectivity index (χ0n) is 10.3. The number of carboxylic acids is 1. The van der Waals surface area contributed by atoms with Crippen LogP contribution in [0.1, 0.15) is 15.9 Å². The molecule has 0 unspecified atom stereocenters. The SMILES string of the molecule is O=C(O)c1ccc(C2=Nc3ccc(Cl)cc3OC2)cc1. The molecule has 3 rings (SSSR count). The van der Waals surface area contributed by atoms with Crippen molar-refractivity contribution in [3.05, 3.63) is 58.6 Å². The summed E-state index contributed by atoms with van der Waals surface area (Å²) in [6, 6.07) is 11.8. The van der Waals surface area contributed by atoms with Gasteiger partial charge in [-0.15, -0.1) is 0 Å². The van der Waals surface area contributed by atoms with E-state index in [-0.39, 0.29) is 5.56 Å². The van der Waals surface area contributed by atoms with Gasteiger partial charge in [0.25, 0.3) is 0 Å². The van der Waals surface area contributed by atoms with Crippen molar-refractivity contribution in [3.63, 3.8) is 0 Å². The lowest BCUT2D eigenvalue weighted by atomic mass is 10.1. The summed E-state index contributed by atoms with van der Waals surface area (Å²) in [5.74, 6) is -0.290. The summed E-state index contributed by atoms with van der Waals surface area (Å²) in [7, 11) is 0. The molecule has 0 fully saturated rings. The summed E-state index contributed by atoms with van der Waals surface area (Å²) in [5.41, 5.74) is 2.57. The third-order valence-electron chi connectivity index (χ3n) is 3.01. The Morgan fingerprint density at radius 2 is 1.95 bits per heavy atom. The highest BCUT2D eigenvalue weighted by Crippen LogP contribution is 2.33. The van der Waals surface area contributed by atoms with Crippen LogP contribution in [-0.4, -0.2) is 23.4 Å². The minimum atomic E-state index is -0.946. The van der Waals surface area contributed by atoms with Gasteiger partial charge in [-0.25, -0.2) is 9.79 Å². The van der Waals surface area contributed by atoms with Crippen molar-refractivity contribution in [2.45, 2.75) is 0 Å². The van der Waals surface area contributed by atoms with Crippen LogP contribution >= 0.6 is 11.6 Å². The van der Waals surface area contributed by atoms with Crippen molar-refractivity contribution in [2.24, 2.45) is 4.99 Å². The normalized spacial score (nSPS) is 13.2. The molecule has 20 heavy (non-hydrogen) atoms. The number of hydrogen-bond donors (Lipinski definition) is 1. The Kier molecular flexibility index (Phi) is 3.16. The van der Waals surface area contributed by atoms with Crippen molar-refractivity contribution < 1.29 is 14.6 Å². The number of benzene rings is 2. The fourth-order valence-corrected chi connectivity index (χ4v) is 2.13. The standard InChI is InChI=1S/C15H10ClNO3/c16-11-5-6-12-14(7-11)20-8-13(17-12)9-1-3-10(4-2-9)15(18)19/h1-7H,8H2,(H,18,19). The van der Waals surface area contributed by atoms with Gasteiger partial charge in [0.15, 0.2) is 0 Å². The first-order valence-electron chi connectivity index (χ1n) is 5.97. The van der Waals surface area contributed by atoms with Gasteiger partial charge in [0.2, 0.25) is 0 Å². The van der Waals surface area contributed by atoms with E-state index in [0.717, 1.165) is 17.0 Å². The summed E-state index contributed by atoms with van der Waals surface area (Å²) in [6.45, 7) is 0.333. The summed E-state index contributed by atoms with van der Waals surface area (Å²) in [5, 5.41) is 9.48. The van der Waals surface area contributed by atoms with Crippen molar-refractivity contribution >= 4 is 29.0 Å². The monoisotopic (exact) mass is 287 g/mol. The molecule has 2 aromatic carbocycles. The molecular weight excluding hydrogens is 278 g/mol. The van der Waals surface area contributed by atoms with Gasteiger partial charge in [0.1, 0.15) is 18.0 Å². The molecule has 0 aromatic heterocycles. The molecule has 100 valence electrons. The van der Waals surface area contributed by atoms with Gasteiger partial charge in [-0.1, -0.05) is 23.7 Å². The fraction of sp³-hybridized carbons (Fsp3) is 0.0667. The Hall–Kier alpha value is -2.33. The molecule has 5 heteroatoms. The van der Waals surface area contributed by atoms with Crippen molar-refractivity contribution in [1.82, 2.24) is 0 Å². The average Bonchev–Trinajstić information content (AvgIpc) is 2.47. The Bertz CT molecular complexity index is 708. The number of aromatic carboxylic acids is 1. The molecule has 0 bridgehead atoms. The number of carboxylic acid groups (broad SMARTS) is 1. The molecule has 0 amide bonds. The molecule has 1 aliphatic heterocycles. The number of hydrogen-bond acceptors (Lipinski definition) is 3. The van der Waals surface area contributed by atoms with Crippen LogP contribution in [0.3, 0.4) is 0 Å². The Morgan fingerprint density at radius 3 is 2.65 bits per heavy atom. The summed E-state index contributed by atoms with van der Waals surface area (Å²) >= 11 is 5.89. The van der Waals surface area contributed by atoms with Crippen LogP contribution in [0, 0.1) is 0 Å². The minimum Gasteiger partial charge on any atom is -0.485 e. The molecule has 0 spiro atoms. The third-order valence-corrected chi connectivity index (χ3v) is 3.24. The number of carbonyl (C=O) groups is 1. The van der Waals surface area contributed by atoms with Crippen LogP contribution in [0.15, 0.2) is 47.5 Å². The van der Waals surface area contributed by atoms with E-state index in [2.05, 4.69) is 4.99 Å². The highest BCUT2D eigenvalue weighted by Gasteiger charge is 2.15. The van der Waals surface area contributed by atoms with Gasteiger partial charge < -0.3 is 9.84 Å². The first-order chi connectivity index (χ1) is 9.63. The highest BCUT2D eigenvalue weighted by molar-refractivity contribution is 6.30. The fourth-order valence-electron chi connectivity index (χ4n) is 1.97. The predicted molar refractivity (Wildman–Crippen MR) is 76.5 cm³/mol. The first kappa shape index (κ1) is 12.7. The summed E-state index contributed by atoms with van der Waals surface area (Å²) in [6.07, 6.45) is 0. The topological polar surface area (TPSA) is 58.9 Å². The second-order valence-corrected chi connectivity index (χ2v) is 4.78. The lowest BCUT2D eigenvalue weighted by Crippen LogP contribution is -2.16. The van der Waals surface area contributed by atoms with E-state index in [0.29, 0.717) is 17.4 Å². The van der Waals surface area contributed by atoms with Crippen LogP contribution in [0.5, 0.6) is 5.75 Å². The number of halogens is 1. The molecule has 0 radical (unpaired) electrons. The predicted octanol–water partition coefficient (Wildman–Crippen LogP) is 3.55. The van der Waals surface area contributed by atoms with E-state index >= 15 is 0 Å². The van der Waals surface area contributed by atoms with Gasteiger partial charge >= 0.3 is 5.97 Å². The van der Waals surface area contributed by atoms with E-state index in [1.807, 2.05) is 0 Å². The molecule has 0 saturated heterocycles. The first-order valence-corrected chi connectivity index (χ1v) is 6.35. The van der Waals surface area contributed by atoms with Crippen LogP contribution in [0.2, 0.25) is 5.02 Å². The Morgan fingerprint density at radius 1 is 1.20 bits per heavy atom. The molecule has 0 atom stereocenters. The van der Waals surface area contributed by atoms with Crippen LogP contribution in [-0.2, 0) is 0 Å². The lowest BCUT2D eigenvalue weighted by Gasteiger charge is -2.17. The van der Waals surface area contributed by atoms with Crippen LogP contribution < -0.4 is 4.74 Å². The maximum atomic E-state index is 10.8. The quantitative estimate of drug-likeness (QED) is 0.919. The summed E-state index contributed by atoms with van der Waals surface area (Å²) < 4.78 is 5.62.